The monoisotopic (exact) mass is 257 g/mol. The molecule has 0 bridgehead atoms. The van der Waals surface area contributed by atoms with Crippen molar-refractivity contribution in [2.75, 3.05) is 32.8 Å². The van der Waals surface area contributed by atoms with E-state index in [4.69, 9.17) is 4.74 Å². The van der Waals surface area contributed by atoms with Crippen molar-refractivity contribution in [3.05, 3.63) is 0 Å². The Labute approximate surface area is 108 Å². The fourth-order valence-corrected chi connectivity index (χ4v) is 2.13. The van der Waals surface area contributed by atoms with Gasteiger partial charge in [0.25, 0.3) is 6.47 Å². The summed E-state index contributed by atoms with van der Waals surface area (Å²) in [5.74, 6) is 0.0276. The topological polar surface area (TPSA) is 55.8 Å². The maximum Gasteiger partial charge on any atom is 0.309 e. The highest BCUT2D eigenvalue weighted by Crippen LogP contribution is 2.18. The van der Waals surface area contributed by atoms with Gasteiger partial charge in [-0.1, -0.05) is 6.92 Å². The smallest absolute Gasteiger partial charge is 0.309 e. The van der Waals surface area contributed by atoms with E-state index in [1.807, 2.05) is 6.92 Å². The van der Waals surface area contributed by atoms with Crippen LogP contribution in [0, 0.1) is 5.92 Å². The summed E-state index contributed by atoms with van der Waals surface area (Å²) in [6, 6.07) is 0. The van der Waals surface area contributed by atoms with Gasteiger partial charge >= 0.3 is 5.97 Å². The first-order valence-corrected chi connectivity index (χ1v) is 6.72. The van der Waals surface area contributed by atoms with Crippen molar-refractivity contribution >= 4 is 12.4 Å². The number of hydrogen-bond acceptors (Lipinski definition) is 5. The Bertz CT molecular complexity index is 249. The Morgan fingerprint density at radius 2 is 2.06 bits per heavy atom. The molecule has 0 amide bonds. The Balaban J connectivity index is 2.12. The highest BCUT2D eigenvalue weighted by atomic mass is 16.5. The number of nitrogens with zero attached hydrogens (tertiary/aromatic N) is 1. The van der Waals surface area contributed by atoms with Gasteiger partial charge in [0.15, 0.2) is 0 Å². The first-order valence-electron chi connectivity index (χ1n) is 6.72. The zero-order chi connectivity index (χ0) is 13.2. The summed E-state index contributed by atoms with van der Waals surface area (Å²) in [6.07, 6.45) is 3.47. The molecule has 0 spiro atoms. The normalized spacial score (nSPS) is 17.4. The fraction of sp³-hybridized carbons (Fsp3) is 0.846. The first kappa shape index (κ1) is 15.0. The lowest BCUT2D eigenvalue weighted by Crippen LogP contribution is -2.37. The van der Waals surface area contributed by atoms with Gasteiger partial charge in [-0.2, -0.15) is 0 Å². The van der Waals surface area contributed by atoms with Crippen LogP contribution in [0.3, 0.4) is 0 Å². The summed E-state index contributed by atoms with van der Waals surface area (Å²) in [4.78, 5) is 23.9. The maximum absolute atomic E-state index is 11.7. The van der Waals surface area contributed by atoms with Gasteiger partial charge in [-0.25, -0.2) is 0 Å². The number of likely N-dealkylation sites (tertiary alicyclic amines) is 1. The Morgan fingerprint density at radius 1 is 1.33 bits per heavy atom. The molecule has 1 rings (SSSR count). The molecular formula is C13H23NO4. The predicted molar refractivity (Wildman–Crippen MR) is 67.0 cm³/mol. The molecule has 0 aromatic carbocycles. The Morgan fingerprint density at radius 3 is 2.67 bits per heavy atom. The second-order valence-corrected chi connectivity index (χ2v) is 4.60. The van der Waals surface area contributed by atoms with Crippen molar-refractivity contribution in [3.63, 3.8) is 0 Å². The molecule has 104 valence electrons. The molecule has 1 aliphatic heterocycles. The molecule has 0 saturated carbocycles. The summed E-state index contributed by atoms with van der Waals surface area (Å²) >= 11 is 0. The number of hydrogen-bond donors (Lipinski definition) is 0. The van der Waals surface area contributed by atoms with Crippen LogP contribution in [0.5, 0.6) is 0 Å². The predicted octanol–water partition coefficient (Wildman–Crippen LogP) is 1.21. The largest absolute Gasteiger partial charge is 0.468 e. The molecule has 0 radical (unpaired) electrons. The molecule has 0 N–H and O–H groups in total. The second-order valence-electron chi connectivity index (χ2n) is 4.60. The second kappa shape index (κ2) is 8.91. The van der Waals surface area contributed by atoms with Crippen molar-refractivity contribution < 1.29 is 19.1 Å². The van der Waals surface area contributed by atoms with Crippen LogP contribution in [-0.2, 0) is 19.1 Å². The van der Waals surface area contributed by atoms with Crippen LogP contribution in [0.4, 0.5) is 0 Å². The summed E-state index contributed by atoms with van der Waals surface area (Å²) in [5, 5.41) is 0. The van der Waals surface area contributed by atoms with Crippen LogP contribution < -0.4 is 0 Å². The van der Waals surface area contributed by atoms with Crippen molar-refractivity contribution in [2.24, 2.45) is 5.92 Å². The lowest BCUT2D eigenvalue weighted by Gasteiger charge is -2.30. The lowest BCUT2D eigenvalue weighted by atomic mass is 9.97. The zero-order valence-electron chi connectivity index (χ0n) is 11.1. The van der Waals surface area contributed by atoms with Crippen LogP contribution >= 0.6 is 0 Å². The van der Waals surface area contributed by atoms with E-state index in [1.54, 1.807) is 0 Å². The molecule has 0 aliphatic carbocycles. The third-order valence-corrected chi connectivity index (χ3v) is 3.17. The van der Waals surface area contributed by atoms with Crippen LogP contribution in [0.25, 0.3) is 0 Å². The third kappa shape index (κ3) is 5.49. The number of carbonyl (C=O) groups is 2. The quantitative estimate of drug-likeness (QED) is 0.372. The van der Waals surface area contributed by atoms with Gasteiger partial charge in [0.1, 0.15) is 0 Å². The SMILES string of the molecule is CCCOC(=O)C1CCN(CCCOC=O)CC1. The number of ether oxygens (including phenoxy) is 2. The average Bonchev–Trinajstić information content (AvgIpc) is 2.41. The standard InChI is InChI=1S/C13H23NO4/c1-2-9-18-13(16)12-4-7-14(8-5-12)6-3-10-17-11-15/h11-12H,2-10H2,1H3. The third-order valence-electron chi connectivity index (χ3n) is 3.17. The van der Waals surface area contributed by atoms with E-state index in [9.17, 15) is 9.59 Å². The van der Waals surface area contributed by atoms with E-state index in [1.165, 1.54) is 0 Å². The summed E-state index contributed by atoms with van der Waals surface area (Å²) < 4.78 is 9.81. The maximum atomic E-state index is 11.7. The van der Waals surface area contributed by atoms with Gasteiger partial charge in [0, 0.05) is 6.54 Å². The van der Waals surface area contributed by atoms with E-state index >= 15 is 0 Å². The molecule has 5 heteroatoms. The Kier molecular flexibility index (Phi) is 7.41. The molecule has 0 aromatic rings. The van der Waals surface area contributed by atoms with Gasteiger partial charge in [0.2, 0.25) is 0 Å². The number of carbonyl (C=O) groups excluding carboxylic acids is 2. The van der Waals surface area contributed by atoms with E-state index in [0.717, 1.165) is 45.3 Å². The average molecular weight is 257 g/mol. The van der Waals surface area contributed by atoms with Crippen LogP contribution in [0.1, 0.15) is 32.6 Å². The van der Waals surface area contributed by atoms with Crippen molar-refractivity contribution in [1.82, 2.24) is 4.90 Å². The van der Waals surface area contributed by atoms with E-state index < -0.39 is 0 Å². The Hall–Kier alpha value is -1.10. The van der Waals surface area contributed by atoms with E-state index in [-0.39, 0.29) is 11.9 Å². The summed E-state index contributed by atoms with van der Waals surface area (Å²) in [6.45, 7) is 6.25. The highest BCUT2D eigenvalue weighted by Gasteiger charge is 2.25. The van der Waals surface area contributed by atoms with E-state index in [0.29, 0.717) is 19.7 Å². The van der Waals surface area contributed by atoms with Gasteiger partial charge in [-0.3, -0.25) is 9.59 Å². The van der Waals surface area contributed by atoms with Gasteiger partial charge in [-0.05, 0) is 38.8 Å². The molecular weight excluding hydrogens is 234 g/mol. The van der Waals surface area contributed by atoms with Gasteiger partial charge < -0.3 is 14.4 Å². The fourth-order valence-electron chi connectivity index (χ4n) is 2.13. The zero-order valence-corrected chi connectivity index (χ0v) is 11.1. The van der Waals surface area contributed by atoms with Crippen molar-refractivity contribution in [2.45, 2.75) is 32.6 Å². The molecule has 1 saturated heterocycles. The highest BCUT2D eigenvalue weighted by molar-refractivity contribution is 5.72. The minimum atomic E-state index is -0.0409. The minimum absolute atomic E-state index is 0.0409. The molecule has 0 aromatic heterocycles. The molecule has 1 heterocycles. The minimum Gasteiger partial charge on any atom is -0.468 e. The summed E-state index contributed by atoms with van der Waals surface area (Å²) in [7, 11) is 0. The number of rotatable bonds is 8. The summed E-state index contributed by atoms with van der Waals surface area (Å²) in [5.41, 5.74) is 0. The van der Waals surface area contributed by atoms with Gasteiger partial charge in [-0.15, -0.1) is 0 Å². The molecule has 18 heavy (non-hydrogen) atoms. The van der Waals surface area contributed by atoms with Crippen LogP contribution in [0.2, 0.25) is 0 Å². The van der Waals surface area contributed by atoms with Crippen molar-refractivity contribution in [3.8, 4) is 0 Å². The van der Waals surface area contributed by atoms with Crippen LogP contribution in [0.15, 0.2) is 0 Å². The molecule has 1 fully saturated rings. The molecule has 5 nitrogen and oxygen atoms in total. The lowest BCUT2D eigenvalue weighted by molar-refractivity contribution is -0.150. The van der Waals surface area contributed by atoms with E-state index in [2.05, 4.69) is 9.64 Å². The van der Waals surface area contributed by atoms with Crippen molar-refractivity contribution in [1.29, 1.82) is 0 Å². The number of piperidine rings is 1. The number of esters is 1. The van der Waals surface area contributed by atoms with Gasteiger partial charge in [0.05, 0.1) is 19.1 Å². The molecule has 0 atom stereocenters. The first-order chi connectivity index (χ1) is 8.77. The molecule has 0 unspecified atom stereocenters. The molecule has 1 aliphatic rings. The van der Waals surface area contributed by atoms with Crippen LogP contribution in [-0.4, -0.2) is 50.2 Å².